The van der Waals surface area contributed by atoms with Crippen LogP contribution in [0.4, 0.5) is 5.69 Å². The highest BCUT2D eigenvalue weighted by Gasteiger charge is 2.33. The average Bonchev–Trinajstić information content (AvgIpc) is 2.89. The van der Waals surface area contributed by atoms with Crippen molar-refractivity contribution < 1.29 is 9.59 Å². The number of amides is 2. The van der Waals surface area contributed by atoms with Gasteiger partial charge in [0.25, 0.3) is 0 Å². The number of aryl methyl sites for hydroxylation is 2. The standard InChI is InChI=1S/C20H21ClN2O2/c1-13-9-14(2)11-16(10-13)23-8-7-18(20(23)25)22-19(24)12-15-5-3-4-6-17(15)21/h3-6,9-11,18H,7-8,12H2,1-2H3,(H,22,24)/t18-/m1/s1. The van der Waals surface area contributed by atoms with Gasteiger partial charge in [0, 0.05) is 17.3 Å². The Balaban J connectivity index is 1.66. The van der Waals surface area contributed by atoms with Crippen LogP contribution in [0, 0.1) is 13.8 Å². The van der Waals surface area contributed by atoms with Gasteiger partial charge in [0.05, 0.1) is 6.42 Å². The van der Waals surface area contributed by atoms with E-state index in [1.54, 1.807) is 11.0 Å². The van der Waals surface area contributed by atoms with E-state index < -0.39 is 6.04 Å². The first-order valence-corrected chi connectivity index (χ1v) is 8.74. The fourth-order valence-corrected chi connectivity index (χ4v) is 3.44. The summed E-state index contributed by atoms with van der Waals surface area (Å²) in [7, 11) is 0. The monoisotopic (exact) mass is 356 g/mol. The number of benzene rings is 2. The van der Waals surface area contributed by atoms with Gasteiger partial charge in [-0.2, -0.15) is 0 Å². The highest BCUT2D eigenvalue weighted by atomic mass is 35.5. The number of hydrogen-bond donors (Lipinski definition) is 1. The molecule has 1 atom stereocenters. The molecule has 1 aliphatic heterocycles. The molecule has 0 aromatic heterocycles. The lowest BCUT2D eigenvalue weighted by atomic mass is 10.1. The number of nitrogens with one attached hydrogen (secondary N) is 1. The molecule has 2 aromatic rings. The number of rotatable bonds is 4. The van der Waals surface area contributed by atoms with Crippen molar-refractivity contribution in [2.24, 2.45) is 0 Å². The predicted octanol–water partition coefficient (Wildman–Crippen LogP) is 3.42. The lowest BCUT2D eigenvalue weighted by Crippen LogP contribution is -2.42. The van der Waals surface area contributed by atoms with Crippen LogP contribution in [0.15, 0.2) is 42.5 Å². The van der Waals surface area contributed by atoms with Crippen molar-refractivity contribution >= 4 is 29.1 Å². The van der Waals surface area contributed by atoms with E-state index in [9.17, 15) is 9.59 Å². The fourth-order valence-electron chi connectivity index (χ4n) is 3.24. The summed E-state index contributed by atoms with van der Waals surface area (Å²) in [6.07, 6.45) is 0.785. The molecule has 3 rings (SSSR count). The van der Waals surface area contributed by atoms with Crippen LogP contribution in [0.3, 0.4) is 0 Å². The molecule has 2 amide bonds. The van der Waals surface area contributed by atoms with Crippen LogP contribution in [-0.2, 0) is 16.0 Å². The Morgan fingerprint density at radius 3 is 2.56 bits per heavy atom. The summed E-state index contributed by atoms with van der Waals surface area (Å²) in [5, 5.41) is 3.41. The summed E-state index contributed by atoms with van der Waals surface area (Å²) < 4.78 is 0. The van der Waals surface area contributed by atoms with Gasteiger partial charge >= 0.3 is 0 Å². The van der Waals surface area contributed by atoms with E-state index in [1.807, 2.05) is 44.2 Å². The molecular weight excluding hydrogens is 336 g/mol. The second kappa shape index (κ2) is 7.28. The lowest BCUT2D eigenvalue weighted by molar-refractivity contribution is -0.126. The van der Waals surface area contributed by atoms with Crippen molar-refractivity contribution in [2.45, 2.75) is 32.7 Å². The molecule has 2 aromatic carbocycles. The molecular formula is C20H21ClN2O2. The zero-order valence-electron chi connectivity index (χ0n) is 14.4. The molecule has 0 spiro atoms. The first-order chi connectivity index (χ1) is 11.9. The number of carbonyl (C=O) groups excluding carboxylic acids is 2. The first kappa shape index (κ1) is 17.5. The molecule has 0 radical (unpaired) electrons. The van der Waals surface area contributed by atoms with Gasteiger partial charge in [0.2, 0.25) is 11.8 Å². The van der Waals surface area contributed by atoms with Crippen molar-refractivity contribution in [1.82, 2.24) is 5.32 Å². The van der Waals surface area contributed by atoms with E-state index in [2.05, 4.69) is 11.4 Å². The molecule has 0 unspecified atom stereocenters. The number of carbonyl (C=O) groups is 2. The van der Waals surface area contributed by atoms with Crippen LogP contribution in [0.25, 0.3) is 0 Å². The molecule has 1 N–H and O–H groups in total. The summed E-state index contributed by atoms with van der Waals surface area (Å²) >= 11 is 6.09. The van der Waals surface area contributed by atoms with Crippen LogP contribution in [-0.4, -0.2) is 24.4 Å². The van der Waals surface area contributed by atoms with E-state index >= 15 is 0 Å². The van der Waals surface area contributed by atoms with E-state index in [1.165, 1.54) is 0 Å². The summed E-state index contributed by atoms with van der Waals surface area (Å²) in [5.74, 6) is -0.244. The Bertz CT molecular complexity index is 799. The van der Waals surface area contributed by atoms with Gasteiger partial charge in [0.1, 0.15) is 6.04 Å². The Morgan fingerprint density at radius 1 is 1.20 bits per heavy atom. The lowest BCUT2D eigenvalue weighted by Gasteiger charge is -2.18. The quantitative estimate of drug-likeness (QED) is 0.912. The van der Waals surface area contributed by atoms with E-state index in [0.717, 1.165) is 22.4 Å². The average molecular weight is 357 g/mol. The normalized spacial score (nSPS) is 17.0. The van der Waals surface area contributed by atoms with E-state index in [0.29, 0.717) is 18.0 Å². The third-order valence-electron chi connectivity index (χ3n) is 4.37. The summed E-state index contributed by atoms with van der Waals surface area (Å²) in [6.45, 7) is 4.64. The van der Waals surface area contributed by atoms with Gasteiger partial charge in [-0.1, -0.05) is 35.9 Å². The number of hydrogen-bond acceptors (Lipinski definition) is 2. The van der Waals surface area contributed by atoms with Gasteiger partial charge in [-0.3, -0.25) is 9.59 Å². The third kappa shape index (κ3) is 4.02. The molecule has 1 heterocycles. The fraction of sp³-hybridized carbons (Fsp3) is 0.300. The minimum atomic E-state index is -0.476. The molecule has 4 nitrogen and oxygen atoms in total. The van der Waals surface area contributed by atoms with E-state index in [-0.39, 0.29) is 18.2 Å². The van der Waals surface area contributed by atoms with Gasteiger partial charge < -0.3 is 10.2 Å². The molecule has 25 heavy (non-hydrogen) atoms. The van der Waals surface area contributed by atoms with Crippen LogP contribution in [0.2, 0.25) is 5.02 Å². The van der Waals surface area contributed by atoms with Crippen molar-refractivity contribution in [2.75, 3.05) is 11.4 Å². The van der Waals surface area contributed by atoms with Crippen LogP contribution in [0.5, 0.6) is 0 Å². The van der Waals surface area contributed by atoms with Crippen molar-refractivity contribution in [3.63, 3.8) is 0 Å². The predicted molar refractivity (Wildman–Crippen MR) is 100.0 cm³/mol. The number of halogens is 1. The molecule has 1 saturated heterocycles. The molecule has 5 heteroatoms. The molecule has 1 aliphatic rings. The minimum absolute atomic E-state index is 0.0579. The third-order valence-corrected chi connectivity index (χ3v) is 4.74. The summed E-state index contributed by atoms with van der Waals surface area (Å²) in [6, 6.07) is 12.8. The minimum Gasteiger partial charge on any atom is -0.344 e. The van der Waals surface area contributed by atoms with Crippen molar-refractivity contribution in [3.05, 3.63) is 64.2 Å². The molecule has 1 fully saturated rings. The zero-order chi connectivity index (χ0) is 18.0. The van der Waals surface area contributed by atoms with Crippen LogP contribution >= 0.6 is 11.6 Å². The Morgan fingerprint density at radius 2 is 1.88 bits per heavy atom. The Kier molecular flexibility index (Phi) is 5.09. The molecule has 0 saturated carbocycles. The maximum atomic E-state index is 12.7. The van der Waals surface area contributed by atoms with E-state index in [4.69, 9.17) is 11.6 Å². The smallest absolute Gasteiger partial charge is 0.249 e. The maximum absolute atomic E-state index is 12.7. The van der Waals surface area contributed by atoms with Crippen molar-refractivity contribution in [3.8, 4) is 0 Å². The Labute approximate surface area is 152 Å². The summed E-state index contributed by atoms with van der Waals surface area (Å²) in [4.78, 5) is 26.7. The topological polar surface area (TPSA) is 49.4 Å². The zero-order valence-corrected chi connectivity index (χ0v) is 15.1. The molecule has 130 valence electrons. The molecule has 0 bridgehead atoms. The highest BCUT2D eigenvalue weighted by Crippen LogP contribution is 2.24. The van der Waals surface area contributed by atoms with Crippen molar-refractivity contribution in [1.29, 1.82) is 0 Å². The number of anilines is 1. The van der Waals surface area contributed by atoms with Gasteiger partial charge in [-0.05, 0) is 55.2 Å². The maximum Gasteiger partial charge on any atom is 0.249 e. The van der Waals surface area contributed by atoms with Gasteiger partial charge in [-0.25, -0.2) is 0 Å². The first-order valence-electron chi connectivity index (χ1n) is 8.36. The largest absolute Gasteiger partial charge is 0.344 e. The van der Waals surface area contributed by atoms with Gasteiger partial charge in [-0.15, -0.1) is 0 Å². The van der Waals surface area contributed by atoms with Crippen LogP contribution in [0.1, 0.15) is 23.1 Å². The molecule has 0 aliphatic carbocycles. The second-order valence-electron chi connectivity index (χ2n) is 6.51. The number of nitrogens with zero attached hydrogens (tertiary/aromatic N) is 1. The highest BCUT2D eigenvalue weighted by molar-refractivity contribution is 6.31. The SMILES string of the molecule is Cc1cc(C)cc(N2CC[C@@H](NC(=O)Cc3ccccc3Cl)C2=O)c1. The van der Waals surface area contributed by atoms with Crippen LogP contribution < -0.4 is 10.2 Å². The summed E-state index contributed by atoms with van der Waals surface area (Å²) in [5.41, 5.74) is 3.90. The Hall–Kier alpha value is -2.33. The van der Waals surface area contributed by atoms with Gasteiger partial charge in [0.15, 0.2) is 0 Å². The second-order valence-corrected chi connectivity index (χ2v) is 6.92.